The molecule has 0 spiro atoms. The number of carbonyl (C=O) groups is 1. The molecule has 0 saturated heterocycles. The monoisotopic (exact) mass is 300 g/mol. The van der Waals surface area contributed by atoms with Gasteiger partial charge in [0.05, 0.1) is 12.1 Å². The van der Waals surface area contributed by atoms with Crippen molar-refractivity contribution in [3.8, 4) is 0 Å². The molecule has 2 amide bonds. The van der Waals surface area contributed by atoms with E-state index < -0.39 is 29.8 Å². The predicted molar refractivity (Wildman–Crippen MR) is 76.8 cm³/mol. The maximum atomic E-state index is 13.6. The van der Waals surface area contributed by atoms with E-state index in [1.807, 2.05) is 13.8 Å². The zero-order valence-corrected chi connectivity index (χ0v) is 12.5. The number of rotatable bonds is 6. The van der Waals surface area contributed by atoms with Crippen LogP contribution in [0.4, 0.5) is 13.6 Å². The normalized spacial score (nSPS) is 13.9. The Kier molecular flexibility index (Phi) is 6.55. The van der Waals surface area contributed by atoms with Gasteiger partial charge in [0.15, 0.2) is 0 Å². The van der Waals surface area contributed by atoms with E-state index in [1.54, 1.807) is 6.92 Å². The first-order valence-corrected chi connectivity index (χ1v) is 6.98. The van der Waals surface area contributed by atoms with Crippen molar-refractivity contribution in [3.63, 3.8) is 0 Å². The maximum absolute atomic E-state index is 13.6. The number of urea groups is 1. The highest BCUT2D eigenvalue weighted by Gasteiger charge is 2.14. The average molecular weight is 300 g/mol. The van der Waals surface area contributed by atoms with E-state index in [2.05, 4.69) is 10.6 Å². The molecule has 6 heteroatoms. The molecule has 0 heterocycles. The van der Waals surface area contributed by atoms with E-state index in [9.17, 15) is 18.7 Å². The standard InChI is InChI=1S/C15H22F2N2O2/c1-9(2)14(20)6-7-18-15(21)19-10(3)12-5-4-11(16)8-13(12)17/h4-5,8-10,14,20H,6-7H2,1-3H3,(H2,18,19,21). The Labute approximate surface area is 123 Å². The Bertz CT molecular complexity index is 481. The highest BCUT2D eigenvalue weighted by atomic mass is 19.1. The number of hydrogen-bond acceptors (Lipinski definition) is 2. The van der Waals surface area contributed by atoms with Gasteiger partial charge >= 0.3 is 6.03 Å². The molecule has 21 heavy (non-hydrogen) atoms. The number of amides is 2. The fourth-order valence-electron chi connectivity index (χ4n) is 1.85. The molecule has 0 bridgehead atoms. The quantitative estimate of drug-likeness (QED) is 0.756. The smallest absolute Gasteiger partial charge is 0.315 e. The summed E-state index contributed by atoms with van der Waals surface area (Å²) in [5.74, 6) is -1.23. The summed E-state index contributed by atoms with van der Waals surface area (Å²) in [4.78, 5) is 11.7. The third kappa shape index (κ3) is 5.67. The Morgan fingerprint density at radius 1 is 1.29 bits per heavy atom. The maximum Gasteiger partial charge on any atom is 0.315 e. The molecule has 0 aromatic heterocycles. The van der Waals surface area contributed by atoms with Gasteiger partial charge in [-0.2, -0.15) is 0 Å². The molecule has 0 aliphatic rings. The predicted octanol–water partition coefficient (Wildman–Crippen LogP) is 2.73. The number of carbonyl (C=O) groups excluding carboxylic acids is 1. The summed E-state index contributed by atoms with van der Waals surface area (Å²) in [5.41, 5.74) is 0.216. The van der Waals surface area contributed by atoms with E-state index in [1.165, 1.54) is 6.07 Å². The number of benzene rings is 1. The first-order chi connectivity index (χ1) is 9.81. The van der Waals surface area contributed by atoms with Gasteiger partial charge in [-0.25, -0.2) is 13.6 Å². The van der Waals surface area contributed by atoms with Gasteiger partial charge in [0.2, 0.25) is 0 Å². The first kappa shape index (κ1) is 17.4. The van der Waals surface area contributed by atoms with Crippen LogP contribution in [-0.2, 0) is 0 Å². The van der Waals surface area contributed by atoms with Crippen LogP contribution in [0.5, 0.6) is 0 Å². The van der Waals surface area contributed by atoms with Gasteiger partial charge in [-0.15, -0.1) is 0 Å². The molecule has 2 unspecified atom stereocenters. The van der Waals surface area contributed by atoms with Crippen LogP contribution in [0, 0.1) is 17.6 Å². The summed E-state index contributed by atoms with van der Waals surface area (Å²) in [6.07, 6.45) is -0.0260. The molecular formula is C15H22F2N2O2. The summed E-state index contributed by atoms with van der Waals surface area (Å²) in [6, 6.07) is 2.19. The zero-order valence-electron chi connectivity index (χ0n) is 12.5. The molecule has 0 saturated carbocycles. The lowest BCUT2D eigenvalue weighted by Crippen LogP contribution is -2.38. The van der Waals surface area contributed by atoms with Crippen molar-refractivity contribution in [2.45, 2.75) is 39.3 Å². The number of halogens is 2. The van der Waals surface area contributed by atoms with E-state index in [0.29, 0.717) is 13.0 Å². The van der Waals surface area contributed by atoms with Gasteiger partial charge in [0.1, 0.15) is 11.6 Å². The van der Waals surface area contributed by atoms with Crippen LogP contribution >= 0.6 is 0 Å². The van der Waals surface area contributed by atoms with Crippen LogP contribution in [0.1, 0.15) is 38.8 Å². The van der Waals surface area contributed by atoms with Gasteiger partial charge in [0.25, 0.3) is 0 Å². The molecule has 0 aliphatic heterocycles. The van der Waals surface area contributed by atoms with Gasteiger partial charge < -0.3 is 15.7 Å². The minimum atomic E-state index is -0.696. The summed E-state index contributed by atoms with van der Waals surface area (Å²) < 4.78 is 26.4. The second-order valence-corrected chi connectivity index (χ2v) is 5.39. The Hall–Kier alpha value is -1.69. The third-order valence-electron chi connectivity index (χ3n) is 3.27. The van der Waals surface area contributed by atoms with Crippen LogP contribution in [0.25, 0.3) is 0 Å². The Morgan fingerprint density at radius 2 is 1.95 bits per heavy atom. The van der Waals surface area contributed by atoms with Gasteiger partial charge in [-0.05, 0) is 25.3 Å². The van der Waals surface area contributed by atoms with Crippen LogP contribution in [0.2, 0.25) is 0 Å². The molecule has 0 fully saturated rings. The van der Waals surface area contributed by atoms with Crippen molar-refractivity contribution in [1.29, 1.82) is 0 Å². The van der Waals surface area contributed by atoms with Crippen molar-refractivity contribution in [2.75, 3.05) is 6.54 Å². The zero-order chi connectivity index (χ0) is 16.0. The Morgan fingerprint density at radius 3 is 2.52 bits per heavy atom. The lowest BCUT2D eigenvalue weighted by molar-refractivity contribution is 0.116. The van der Waals surface area contributed by atoms with Crippen molar-refractivity contribution in [3.05, 3.63) is 35.4 Å². The molecular weight excluding hydrogens is 278 g/mol. The summed E-state index contributed by atoms with van der Waals surface area (Å²) in [6.45, 7) is 5.72. The summed E-state index contributed by atoms with van der Waals surface area (Å²) in [7, 11) is 0. The number of aliphatic hydroxyl groups excluding tert-OH is 1. The van der Waals surface area contributed by atoms with E-state index in [0.717, 1.165) is 12.1 Å². The minimum absolute atomic E-state index is 0.127. The molecule has 2 atom stereocenters. The lowest BCUT2D eigenvalue weighted by atomic mass is 10.0. The third-order valence-corrected chi connectivity index (χ3v) is 3.27. The van der Waals surface area contributed by atoms with Crippen LogP contribution in [0.15, 0.2) is 18.2 Å². The number of hydrogen-bond donors (Lipinski definition) is 3. The first-order valence-electron chi connectivity index (χ1n) is 6.98. The number of aliphatic hydroxyl groups is 1. The second-order valence-electron chi connectivity index (χ2n) is 5.39. The van der Waals surface area contributed by atoms with Crippen molar-refractivity contribution >= 4 is 6.03 Å². The highest BCUT2D eigenvalue weighted by Crippen LogP contribution is 2.17. The van der Waals surface area contributed by atoms with Crippen LogP contribution in [0.3, 0.4) is 0 Å². The van der Waals surface area contributed by atoms with E-state index >= 15 is 0 Å². The average Bonchev–Trinajstić information content (AvgIpc) is 2.37. The minimum Gasteiger partial charge on any atom is -0.393 e. The van der Waals surface area contributed by atoms with Gasteiger partial charge in [-0.1, -0.05) is 19.9 Å². The van der Waals surface area contributed by atoms with Crippen molar-refractivity contribution in [2.24, 2.45) is 5.92 Å². The fourth-order valence-corrected chi connectivity index (χ4v) is 1.85. The molecule has 0 aliphatic carbocycles. The molecule has 1 rings (SSSR count). The fraction of sp³-hybridized carbons (Fsp3) is 0.533. The van der Waals surface area contributed by atoms with Gasteiger partial charge in [0, 0.05) is 18.2 Å². The van der Waals surface area contributed by atoms with Gasteiger partial charge in [-0.3, -0.25) is 0 Å². The van der Waals surface area contributed by atoms with Crippen LogP contribution in [-0.4, -0.2) is 23.8 Å². The highest BCUT2D eigenvalue weighted by molar-refractivity contribution is 5.74. The topological polar surface area (TPSA) is 61.4 Å². The van der Waals surface area contributed by atoms with Crippen molar-refractivity contribution < 1.29 is 18.7 Å². The molecule has 0 radical (unpaired) electrons. The molecule has 1 aromatic carbocycles. The number of nitrogens with one attached hydrogen (secondary N) is 2. The molecule has 3 N–H and O–H groups in total. The SMILES string of the molecule is CC(NC(=O)NCCC(O)C(C)C)c1ccc(F)cc1F. The summed E-state index contributed by atoms with van der Waals surface area (Å²) >= 11 is 0. The molecule has 118 valence electrons. The summed E-state index contributed by atoms with van der Waals surface area (Å²) in [5, 5.41) is 14.8. The second kappa shape index (κ2) is 7.93. The molecule has 4 nitrogen and oxygen atoms in total. The largest absolute Gasteiger partial charge is 0.393 e. The van der Waals surface area contributed by atoms with Crippen LogP contribution < -0.4 is 10.6 Å². The van der Waals surface area contributed by atoms with Crippen molar-refractivity contribution in [1.82, 2.24) is 10.6 Å². The van der Waals surface area contributed by atoms with E-state index in [4.69, 9.17) is 0 Å². The lowest BCUT2D eigenvalue weighted by Gasteiger charge is -2.17. The van der Waals surface area contributed by atoms with E-state index in [-0.39, 0.29) is 11.5 Å². The Balaban J connectivity index is 2.43. The molecule has 1 aromatic rings.